The maximum Gasteiger partial charge on any atom is 0.431 e. The van der Waals surface area contributed by atoms with Crippen LogP contribution in [0.1, 0.15) is 50.4 Å². The van der Waals surface area contributed by atoms with Crippen LogP contribution in [0.25, 0.3) is 0 Å². The number of benzene rings is 1. The zero-order valence-corrected chi connectivity index (χ0v) is 13.3. The van der Waals surface area contributed by atoms with Gasteiger partial charge in [-0.1, -0.05) is 45.7 Å². The molecule has 1 aromatic carbocycles. The molecule has 1 rings (SSSR count). The van der Waals surface area contributed by atoms with Crippen LogP contribution in [-0.2, 0) is 4.74 Å². The number of carbonyl (C=O) groups excluding carboxylic acids is 2. The average molecular weight is 308 g/mol. The van der Waals surface area contributed by atoms with Gasteiger partial charge in [-0.2, -0.15) is 5.01 Å². The Morgan fingerprint density at radius 1 is 1.27 bits per heavy atom. The summed E-state index contributed by atoms with van der Waals surface area (Å²) in [5, 5.41) is 9.98. The van der Waals surface area contributed by atoms with Crippen molar-refractivity contribution in [2.24, 2.45) is 11.3 Å². The summed E-state index contributed by atoms with van der Waals surface area (Å²) >= 11 is 0. The summed E-state index contributed by atoms with van der Waals surface area (Å²) in [6.07, 6.45) is 1.72. The minimum atomic E-state index is -0.928. The van der Waals surface area contributed by atoms with Gasteiger partial charge in [0.2, 0.25) is 0 Å². The number of nitrogens with two attached hydrogens (primary N) is 1. The minimum absolute atomic E-state index is 0.0473. The fraction of sp³-hybridized carbons (Fsp3) is 0.500. The molecule has 0 aromatic heterocycles. The maximum atomic E-state index is 12.0. The molecule has 3 N–H and O–H groups in total. The summed E-state index contributed by atoms with van der Waals surface area (Å²) in [6, 6.07) is 5.87. The third-order valence-corrected chi connectivity index (χ3v) is 4.19. The van der Waals surface area contributed by atoms with Gasteiger partial charge in [-0.15, -0.1) is 0 Å². The molecule has 0 radical (unpaired) electrons. The first-order valence-corrected chi connectivity index (χ1v) is 7.38. The molecule has 6 nitrogen and oxygen atoms in total. The van der Waals surface area contributed by atoms with E-state index >= 15 is 0 Å². The third kappa shape index (κ3) is 4.46. The van der Waals surface area contributed by atoms with Gasteiger partial charge in [-0.05, 0) is 24.0 Å². The largest absolute Gasteiger partial charge is 0.507 e. The van der Waals surface area contributed by atoms with Crippen LogP contribution < -0.4 is 5.84 Å². The molecule has 0 heterocycles. The van der Waals surface area contributed by atoms with Gasteiger partial charge < -0.3 is 9.84 Å². The van der Waals surface area contributed by atoms with E-state index in [-0.39, 0.29) is 23.3 Å². The van der Waals surface area contributed by atoms with Crippen molar-refractivity contribution >= 4 is 12.0 Å². The van der Waals surface area contributed by atoms with Crippen LogP contribution in [0.15, 0.2) is 24.3 Å². The van der Waals surface area contributed by atoms with Gasteiger partial charge in [0, 0.05) is 0 Å². The summed E-state index contributed by atoms with van der Waals surface area (Å²) < 4.78 is 5.05. The summed E-state index contributed by atoms with van der Waals surface area (Å²) in [5.74, 6) is 4.43. The van der Waals surface area contributed by atoms with Crippen LogP contribution in [0, 0.1) is 5.41 Å². The molecule has 1 aromatic rings. The molecule has 122 valence electrons. The Bertz CT molecular complexity index is 527. The van der Waals surface area contributed by atoms with E-state index < -0.39 is 12.0 Å². The van der Waals surface area contributed by atoms with Crippen molar-refractivity contribution in [3.63, 3.8) is 0 Å². The standard InChI is InChI=1S/C16H24N2O4/c1-4-16(3,5-2)10-11-22-15(21)18(17)14(20)12-8-6-7-9-13(12)19/h6-9,19H,4-5,10-11,17H2,1-3H3. The van der Waals surface area contributed by atoms with Crippen LogP contribution >= 0.6 is 0 Å². The molecule has 0 atom stereocenters. The monoisotopic (exact) mass is 308 g/mol. The number of hydrogen-bond acceptors (Lipinski definition) is 5. The molecular weight excluding hydrogens is 284 g/mol. The van der Waals surface area contributed by atoms with Crippen molar-refractivity contribution in [1.82, 2.24) is 5.01 Å². The van der Waals surface area contributed by atoms with Crippen LogP contribution in [0.3, 0.4) is 0 Å². The molecule has 0 aliphatic carbocycles. The van der Waals surface area contributed by atoms with Crippen LogP contribution in [-0.4, -0.2) is 28.7 Å². The summed E-state index contributed by atoms with van der Waals surface area (Å²) in [4.78, 5) is 23.8. The number of aromatic hydroxyl groups is 1. The summed E-state index contributed by atoms with van der Waals surface area (Å²) in [7, 11) is 0. The maximum absolute atomic E-state index is 12.0. The highest BCUT2D eigenvalue weighted by molar-refractivity contribution is 6.03. The zero-order valence-electron chi connectivity index (χ0n) is 13.3. The number of nitrogens with zero attached hydrogens (tertiary/aromatic N) is 1. The summed E-state index contributed by atoms with van der Waals surface area (Å²) in [6.45, 7) is 6.48. The third-order valence-electron chi connectivity index (χ3n) is 4.19. The Morgan fingerprint density at radius 2 is 1.86 bits per heavy atom. The highest BCUT2D eigenvalue weighted by Crippen LogP contribution is 2.29. The molecule has 0 aliphatic heterocycles. The number of ether oxygens (including phenoxy) is 1. The van der Waals surface area contributed by atoms with Crippen LogP contribution in [0.2, 0.25) is 0 Å². The fourth-order valence-electron chi connectivity index (χ4n) is 1.93. The predicted molar refractivity (Wildman–Crippen MR) is 83.1 cm³/mol. The number of hydrazine groups is 1. The lowest BCUT2D eigenvalue weighted by Crippen LogP contribution is -2.43. The van der Waals surface area contributed by atoms with E-state index in [1.165, 1.54) is 12.1 Å². The van der Waals surface area contributed by atoms with Gasteiger partial charge in [-0.25, -0.2) is 10.6 Å². The Balaban J connectivity index is 2.59. The molecule has 2 amide bonds. The smallest absolute Gasteiger partial charge is 0.431 e. The van der Waals surface area contributed by atoms with E-state index in [9.17, 15) is 14.7 Å². The van der Waals surface area contributed by atoms with Crippen LogP contribution in [0.5, 0.6) is 5.75 Å². The van der Waals surface area contributed by atoms with E-state index in [0.29, 0.717) is 11.4 Å². The lowest BCUT2D eigenvalue weighted by molar-refractivity contribution is 0.0616. The number of carbonyl (C=O) groups is 2. The van der Waals surface area contributed by atoms with Crippen molar-refractivity contribution < 1.29 is 19.4 Å². The lowest BCUT2D eigenvalue weighted by Gasteiger charge is -2.26. The lowest BCUT2D eigenvalue weighted by atomic mass is 9.82. The molecule has 0 fully saturated rings. The molecule has 0 saturated heterocycles. The molecule has 0 aliphatic rings. The molecule has 22 heavy (non-hydrogen) atoms. The SMILES string of the molecule is CCC(C)(CC)CCOC(=O)N(N)C(=O)c1ccccc1O. The minimum Gasteiger partial charge on any atom is -0.507 e. The van der Waals surface area contributed by atoms with Gasteiger partial charge >= 0.3 is 6.09 Å². The number of hydrogen-bond donors (Lipinski definition) is 2. The first-order chi connectivity index (χ1) is 10.3. The number of rotatable bonds is 6. The van der Waals surface area contributed by atoms with Crippen molar-refractivity contribution in [2.75, 3.05) is 6.61 Å². The zero-order chi connectivity index (χ0) is 16.8. The molecule has 0 spiro atoms. The molecular formula is C16H24N2O4. The number of imide groups is 1. The fourth-order valence-corrected chi connectivity index (χ4v) is 1.93. The Hall–Kier alpha value is -2.08. The second-order valence-electron chi connectivity index (χ2n) is 5.57. The van der Waals surface area contributed by atoms with Gasteiger partial charge in [-0.3, -0.25) is 4.79 Å². The van der Waals surface area contributed by atoms with E-state index in [2.05, 4.69) is 20.8 Å². The first-order valence-electron chi connectivity index (χ1n) is 7.38. The highest BCUT2D eigenvalue weighted by Gasteiger charge is 2.25. The van der Waals surface area contributed by atoms with Gasteiger partial charge in [0.1, 0.15) is 5.75 Å². The number of para-hydroxylation sites is 1. The molecule has 0 saturated carbocycles. The first kappa shape index (κ1) is 18.0. The van der Waals surface area contributed by atoms with Crippen LogP contribution in [0.4, 0.5) is 4.79 Å². The van der Waals surface area contributed by atoms with Crippen molar-refractivity contribution in [3.8, 4) is 5.75 Å². The van der Waals surface area contributed by atoms with E-state index in [0.717, 1.165) is 12.8 Å². The number of phenolic OH excluding ortho intramolecular Hbond substituents is 1. The molecule has 6 heteroatoms. The van der Waals surface area contributed by atoms with Gasteiger partial charge in [0.05, 0.1) is 12.2 Å². The number of phenols is 1. The average Bonchev–Trinajstić information content (AvgIpc) is 2.53. The Morgan fingerprint density at radius 3 is 2.41 bits per heavy atom. The highest BCUT2D eigenvalue weighted by atomic mass is 16.6. The second-order valence-corrected chi connectivity index (χ2v) is 5.57. The topological polar surface area (TPSA) is 92.9 Å². The van der Waals surface area contributed by atoms with Gasteiger partial charge in [0.25, 0.3) is 5.91 Å². The van der Waals surface area contributed by atoms with Crippen molar-refractivity contribution in [3.05, 3.63) is 29.8 Å². The van der Waals surface area contributed by atoms with E-state index in [1.54, 1.807) is 12.1 Å². The van der Waals surface area contributed by atoms with E-state index in [4.69, 9.17) is 10.6 Å². The van der Waals surface area contributed by atoms with E-state index in [1.807, 2.05) is 0 Å². The van der Waals surface area contributed by atoms with Crippen molar-refractivity contribution in [2.45, 2.75) is 40.0 Å². The Labute approximate surface area is 130 Å². The molecule has 0 bridgehead atoms. The number of amides is 2. The van der Waals surface area contributed by atoms with Gasteiger partial charge in [0.15, 0.2) is 0 Å². The van der Waals surface area contributed by atoms with Crippen molar-refractivity contribution in [1.29, 1.82) is 0 Å². The second kappa shape index (κ2) is 7.79. The predicted octanol–water partition coefficient (Wildman–Crippen LogP) is 3.06. The normalized spacial score (nSPS) is 11.1. The summed E-state index contributed by atoms with van der Waals surface area (Å²) in [5.41, 5.74) is 0.0513. The quantitative estimate of drug-likeness (QED) is 0.478. The molecule has 0 unspecified atom stereocenters. The Kier molecular flexibility index (Phi) is 6.37.